The van der Waals surface area contributed by atoms with E-state index in [9.17, 15) is 19.2 Å². The molecule has 4 N–H and O–H groups in total. The Bertz CT molecular complexity index is 1190. The zero-order valence-corrected chi connectivity index (χ0v) is 23.2. The number of amides is 4. The van der Waals surface area contributed by atoms with Gasteiger partial charge in [0.05, 0.1) is 13.5 Å². The molecule has 10 nitrogen and oxygen atoms in total. The first-order valence-electron chi connectivity index (χ1n) is 13.0. The molecule has 2 aromatic carbocycles. The maximum absolute atomic E-state index is 14.1. The molecule has 2 atom stereocenters. The number of carbonyl (C=O) groups is 4. The Morgan fingerprint density at radius 1 is 1.05 bits per heavy atom. The van der Waals surface area contributed by atoms with Crippen LogP contribution >= 0.6 is 0 Å². The van der Waals surface area contributed by atoms with Crippen LogP contribution in [0.15, 0.2) is 48.5 Å². The van der Waals surface area contributed by atoms with E-state index in [1.807, 2.05) is 19.1 Å². The van der Waals surface area contributed by atoms with Crippen LogP contribution in [0.2, 0.25) is 0 Å². The molecule has 0 spiro atoms. The van der Waals surface area contributed by atoms with Gasteiger partial charge in [-0.05, 0) is 82.3 Å². The van der Waals surface area contributed by atoms with E-state index in [1.165, 1.54) is 4.90 Å². The first-order valence-corrected chi connectivity index (χ1v) is 13.0. The molecular weight excluding hydrogens is 500 g/mol. The fourth-order valence-electron chi connectivity index (χ4n) is 4.41. The van der Waals surface area contributed by atoms with Crippen LogP contribution in [-0.4, -0.2) is 53.5 Å². The highest BCUT2D eigenvalue weighted by Gasteiger charge is 2.42. The predicted molar refractivity (Wildman–Crippen MR) is 147 cm³/mol. The number of carbonyl (C=O) groups excluding carboxylic acids is 4. The minimum atomic E-state index is -1.31. The number of anilines is 1. The molecule has 4 amide bonds. The Labute approximate surface area is 229 Å². The summed E-state index contributed by atoms with van der Waals surface area (Å²) in [6, 6.07) is 11.6. The van der Waals surface area contributed by atoms with Gasteiger partial charge in [-0.15, -0.1) is 0 Å². The number of nitrogens with one attached hydrogen (secondary N) is 2. The second-order valence-corrected chi connectivity index (χ2v) is 10.7. The predicted octanol–water partition coefficient (Wildman–Crippen LogP) is 3.83. The number of benzene rings is 2. The van der Waals surface area contributed by atoms with Gasteiger partial charge in [0.15, 0.2) is 0 Å². The Hall–Kier alpha value is -4.08. The highest BCUT2D eigenvalue weighted by atomic mass is 16.6. The van der Waals surface area contributed by atoms with Gasteiger partial charge in [-0.2, -0.15) is 0 Å². The van der Waals surface area contributed by atoms with Crippen molar-refractivity contribution in [1.29, 1.82) is 0 Å². The van der Waals surface area contributed by atoms with E-state index in [2.05, 4.69) is 10.6 Å². The van der Waals surface area contributed by atoms with Gasteiger partial charge >= 0.3 is 6.09 Å². The lowest BCUT2D eigenvalue weighted by atomic mass is 9.87. The summed E-state index contributed by atoms with van der Waals surface area (Å²) >= 11 is 0. The first kappa shape index (κ1) is 29.5. The Morgan fingerprint density at radius 3 is 2.21 bits per heavy atom. The van der Waals surface area contributed by atoms with Crippen molar-refractivity contribution in [3.63, 3.8) is 0 Å². The van der Waals surface area contributed by atoms with Crippen molar-refractivity contribution < 1.29 is 28.7 Å². The Balaban J connectivity index is 2.02. The van der Waals surface area contributed by atoms with Crippen molar-refractivity contribution in [2.24, 2.45) is 5.73 Å². The third-order valence-electron chi connectivity index (χ3n) is 6.48. The molecule has 10 heteroatoms. The van der Waals surface area contributed by atoms with Gasteiger partial charge in [0.1, 0.15) is 23.4 Å². The van der Waals surface area contributed by atoms with E-state index < -0.39 is 47.9 Å². The number of hydrogen-bond donors (Lipinski definition) is 3. The summed E-state index contributed by atoms with van der Waals surface area (Å²) in [6.07, 6.45) is 0.946. The molecule has 3 rings (SSSR count). The molecule has 1 aliphatic carbocycles. The van der Waals surface area contributed by atoms with E-state index in [0.29, 0.717) is 29.8 Å². The summed E-state index contributed by atoms with van der Waals surface area (Å²) in [7, 11) is 1.55. The number of aryl methyl sites for hydroxylation is 1. The Morgan fingerprint density at radius 2 is 1.69 bits per heavy atom. The molecule has 0 aromatic heterocycles. The minimum absolute atomic E-state index is 0.264. The fourth-order valence-corrected chi connectivity index (χ4v) is 4.41. The molecule has 2 unspecified atom stereocenters. The number of methoxy groups -OCH3 is 1. The number of ether oxygens (including phenoxy) is 2. The van der Waals surface area contributed by atoms with Crippen molar-refractivity contribution in [2.75, 3.05) is 12.4 Å². The summed E-state index contributed by atoms with van der Waals surface area (Å²) in [5, 5.41) is 5.43. The molecule has 1 saturated carbocycles. The zero-order chi connectivity index (χ0) is 28.7. The van der Waals surface area contributed by atoms with Gasteiger partial charge in [-0.1, -0.05) is 24.3 Å². The first-order chi connectivity index (χ1) is 18.4. The number of nitrogens with zero attached hydrogens (tertiary/aromatic N) is 1. The van der Waals surface area contributed by atoms with Crippen molar-refractivity contribution in [1.82, 2.24) is 10.2 Å². The summed E-state index contributed by atoms with van der Waals surface area (Å²) in [5.41, 5.74) is 6.63. The number of alkyl carbamates (subject to hydrolysis) is 1. The summed E-state index contributed by atoms with van der Waals surface area (Å²) < 4.78 is 10.5. The minimum Gasteiger partial charge on any atom is -0.497 e. The fraction of sp³-hybridized carbons (Fsp3) is 0.448. The smallest absolute Gasteiger partial charge is 0.408 e. The van der Waals surface area contributed by atoms with Gasteiger partial charge in [-0.3, -0.25) is 14.4 Å². The van der Waals surface area contributed by atoms with Crippen molar-refractivity contribution in [3.05, 3.63) is 59.7 Å². The second kappa shape index (κ2) is 12.6. The molecule has 1 fully saturated rings. The highest BCUT2D eigenvalue weighted by molar-refractivity contribution is 6.00. The van der Waals surface area contributed by atoms with Crippen LogP contribution < -0.4 is 21.1 Å². The molecule has 0 bridgehead atoms. The summed E-state index contributed by atoms with van der Waals surface area (Å²) in [5.74, 6) is -1.14. The molecule has 210 valence electrons. The van der Waals surface area contributed by atoms with Crippen LogP contribution in [0.25, 0.3) is 0 Å². The van der Waals surface area contributed by atoms with Crippen molar-refractivity contribution in [3.8, 4) is 5.75 Å². The number of nitrogens with two attached hydrogens (primary N) is 1. The average molecular weight is 539 g/mol. The largest absolute Gasteiger partial charge is 0.497 e. The molecule has 0 heterocycles. The van der Waals surface area contributed by atoms with Crippen LogP contribution in [-0.2, 0) is 19.1 Å². The normalized spacial score (nSPS) is 14.8. The lowest BCUT2D eigenvalue weighted by Crippen LogP contribution is -2.57. The monoisotopic (exact) mass is 538 g/mol. The van der Waals surface area contributed by atoms with Crippen molar-refractivity contribution in [2.45, 2.75) is 77.1 Å². The van der Waals surface area contributed by atoms with Crippen LogP contribution in [0.1, 0.15) is 63.6 Å². The molecule has 0 aliphatic heterocycles. The van der Waals surface area contributed by atoms with E-state index in [4.69, 9.17) is 15.2 Å². The van der Waals surface area contributed by atoms with Gasteiger partial charge in [-0.25, -0.2) is 4.79 Å². The molecule has 0 radical (unpaired) electrons. The van der Waals surface area contributed by atoms with E-state index in [1.54, 1.807) is 64.3 Å². The Kier molecular flexibility index (Phi) is 9.56. The van der Waals surface area contributed by atoms with Gasteiger partial charge in [0.25, 0.3) is 5.91 Å². The average Bonchev–Trinajstić information content (AvgIpc) is 2.81. The SMILES string of the molecule is COc1ccc(NC(=O)C(c2ccccc2C)N(C(=O)C(CC(N)=O)NC(=O)OC(C)(C)C)C2CCC2)cc1. The van der Waals surface area contributed by atoms with Crippen LogP contribution in [0.3, 0.4) is 0 Å². The number of rotatable bonds is 10. The molecule has 2 aromatic rings. The van der Waals surface area contributed by atoms with Crippen LogP contribution in [0, 0.1) is 6.92 Å². The standard InChI is InChI=1S/C29H38N4O6/c1-18-9-6-7-12-22(18)25(26(35)31-19-13-15-21(38-5)16-14-19)33(20-10-8-11-20)27(36)23(17-24(30)34)32-28(37)39-29(2,3)4/h6-7,9,12-16,20,23,25H,8,10-11,17H2,1-5H3,(H2,30,34)(H,31,35)(H,32,37). The lowest BCUT2D eigenvalue weighted by Gasteiger charge is -2.43. The van der Waals surface area contributed by atoms with Gasteiger partial charge in [0.2, 0.25) is 11.8 Å². The van der Waals surface area contributed by atoms with Gasteiger partial charge in [0, 0.05) is 11.7 Å². The third kappa shape index (κ3) is 7.95. The van der Waals surface area contributed by atoms with Crippen LogP contribution in [0.5, 0.6) is 5.75 Å². The van der Waals surface area contributed by atoms with Crippen molar-refractivity contribution >= 4 is 29.5 Å². The number of hydrogen-bond acceptors (Lipinski definition) is 6. The van der Waals surface area contributed by atoms with Gasteiger partial charge < -0.3 is 30.7 Å². The maximum atomic E-state index is 14.1. The molecule has 1 aliphatic rings. The van der Waals surface area contributed by atoms with E-state index in [-0.39, 0.29) is 6.04 Å². The summed E-state index contributed by atoms with van der Waals surface area (Å²) in [6.45, 7) is 6.94. The van der Waals surface area contributed by atoms with E-state index in [0.717, 1.165) is 12.0 Å². The highest BCUT2D eigenvalue weighted by Crippen LogP contribution is 2.35. The third-order valence-corrected chi connectivity index (χ3v) is 6.48. The maximum Gasteiger partial charge on any atom is 0.408 e. The molecule has 39 heavy (non-hydrogen) atoms. The number of primary amides is 1. The van der Waals surface area contributed by atoms with E-state index >= 15 is 0 Å². The van der Waals surface area contributed by atoms with Crippen LogP contribution in [0.4, 0.5) is 10.5 Å². The lowest BCUT2D eigenvalue weighted by molar-refractivity contribution is -0.146. The quantitative estimate of drug-likeness (QED) is 0.420. The topological polar surface area (TPSA) is 140 Å². The molecule has 0 saturated heterocycles. The summed E-state index contributed by atoms with van der Waals surface area (Å²) in [4.78, 5) is 54.1. The molecular formula is C29H38N4O6. The zero-order valence-electron chi connectivity index (χ0n) is 23.2. The second-order valence-electron chi connectivity index (χ2n) is 10.7.